The lowest BCUT2D eigenvalue weighted by Crippen LogP contribution is -2.42. The van der Waals surface area contributed by atoms with Crippen LogP contribution >= 0.6 is 0 Å². The second kappa shape index (κ2) is 8.60. The van der Waals surface area contributed by atoms with E-state index in [1.165, 1.54) is 84.2 Å². The molecule has 0 bridgehead atoms. The van der Waals surface area contributed by atoms with Crippen molar-refractivity contribution in [2.45, 2.75) is 57.2 Å². The predicted octanol–water partition coefficient (Wildman–Crippen LogP) is 1.51. The number of ether oxygens (including phenoxy) is 1. The molecule has 0 amide bonds. The van der Waals surface area contributed by atoms with Gasteiger partial charge in [0.15, 0.2) is 0 Å². The Bertz CT molecular complexity index is 314. The molecule has 3 heterocycles. The number of fused-ring (bicyclic) bond motifs is 1. The van der Waals surface area contributed by atoms with Gasteiger partial charge in [-0.25, -0.2) is 10.4 Å². The summed E-state index contributed by atoms with van der Waals surface area (Å²) in [5.74, 6) is 0. The number of hydrogen-bond acceptors (Lipinski definition) is 5. The van der Waals surface area contributed by atoms with Gasteiger partial charge in [0.2, 0.25) is 0 Å². The van der Waals surface area contributed by atoms with Gasteiger partial charge < -0.3 is 14.5 Å². The van der Waals surface area contributed by atoms with Crippen LogP contribution in [0, 0.1) is 0 Å². The van der Waals surface area contributed by atoms with Gasteiger partial charge in [0.1, 0.15) is 6.23 Å². The molecule has 0 aromatic rings. The van der Waals surface area contributed by atoms with E-state index in [4.69, 9.17) is 4.74 Å². The smallest absolute Gasteiger partial charge is 0.122 e. The topological polar surface area (TPSA) is 31.0 Å². The second-order valence-corrected chi connectivity index (χ2v) is 7.27. The zero-order valence-electron chi connectivity index (χ0n) is 14.3. The van der Waals surface area contributed by atoms with Gasteiger partial charge >= 0.3 is 0 Å². The maximum absolute atomic E-state index is 6.05. The molecule has 3 rings (SSSR count). The SMILES string of the molecule is CN1CCCN(CCCCOC2CC3CCCCN3N2)CC1. The van der Waals surface area contributed by atoms with Crippen LogP contribution in [0.5, 0.6) is 0 Å². The van der Waals surface area contributed by atoms with Gasteiger partial charge in [-0.15, -0.1) is 0 Å². The molecule has 5 heteroatoms. The van der Waals surface area contributed by atoms with Crippen LogP contribution in [-0.2, 0) is 4.74 Å². The van der Waals surface area contributed by atoms with E-state index in [2.05, 4.69) is 27.3 Å². The van der Waals surface area contributed by atoms with Crippen LogP contribution in [0.25, 0.3) is 0 Å². The quantitative estimate of drug-likeness (QED) is 0.752. The van der Waals surface area contributed by atoms with E-state index in [-0.39, 0.29) is 6.23 Å². The molecule has 2 atom stereocenters. The predicted molar refractivity (Wildman–Crippen MR) is 89.6 cm³/mol. The summed E-state index contributed by atoms with van der Waals surface area (Å²) >= 11 is 0. The van der Waals surface area contributed by atoms with Gasteiger partial charge in [-0.1, -0.05) is 6.42 Å². The first-order valence-electron chi connectivity index (χ1n) is 9.36. The molecule has 0 aromatic carbocycles. The summed E-state index contributed by atoms with van der Waals surface area (Å²) in [6.45, 7) is 8.33. The maximum atomic E-state index is 6.05. The van der Waals surface area contributed by atoms with Crippen LogP contribution in [0.15, 0.2) is 0 Å². The van der Waals surface area contributed by atoms with Gasteiger partial charge in [0.25, 0.3) is 0 Å². The minimum atomic E-state index is 0.273. The summed E-state index contributed by atoms with van der Waals surface area (Å²) in [6.07, 6.45) is 9.29. The van der Waals surface area contributed by atoms with Crippen LogP contribution < -0.4 is 5.43 Å². The molecule has 0 saturated carbocycles. The van der Waals surface area contributed by atoms with Gasteiger partial charge in [0, 0.05) is 38.7 Å². The number of nitrogens with one attached hydrogen (secondary N) is 1. The third kappa shape index (κ3) is 4.90. The third-order valence-electron chi connectivity index (χ3n) is 5.42. The van der Waals surface area contributed by atoms with Crippen molar-refractivity contribution in [2.24, 2.45) is 0 Å². The molecule has 1 N–H and O–H groups in total. The highest BCUT2D eigenvalue weighted by molar-refractivity contribution is 4.83. The largest absolute Gasteiger partial charge is 0.362 e. The Balaban J connectivity index is 1.23. The fourth-order valence-corrected chi connectivity index (χ4v) is 3.99. The fourth-order valence-electron chi connectivity index (χ4n) is 3.99. The number of hydrogen-bond donors (Lipinski definition) is 1. The van der Waals surface area contributed by atoms with Crippen molar-refractivity contribution in [3.63, 3.8) is 0 Å². The number of likely N-dealkylation sites (N-methyl/N-ethyl adjacent to an activating group) is 1. The van der Waals surface area contributed by atoms with Crippen molar-refractivity contribution in [3.05, 3.63) is 0 Å². The summed E-state index contributed by atoms with van der Waals surface area (Å²) in [7, 11) is 2.24. The van der Waals surface area contributed by atoms with E-state index >= 15 is 0 Å². The van der Waals surface area contributed by atoms with Gasteiger partial charge in [-0.2, -0.15) is 0 Å². The zero-order valence-corrected chi connectivity index (χ0v) is 14.3. The highest BCUT2D eigenvalue weighted by Crippen LogP contribution is 2.25. The first kappa shape index (κ1) is 16.7. The summed E-state index contributed by atoms with van der Waals surface area (Å²) in [6, 6.07) is 0.729. The van der Waals surface area contributed by atoms with E-state index in [9.17, 15) is 0 Å². The van der Waals surface area contributed by atoms with Crippen LogP contribution in [0.3, 0.4) is 0 Å². The van der Waals surface area contributed by atoms with E-state index in [1.54, 1.807) is 0 Å². The lowest BCUT2D eigenvalue weighted by atomic mass is 10.0. The lowest BCUT2D eigenvalue weighted by molar-refractivity contribution is 0.0125. The average Bonchev–Trinajstić information content (AvgIpc) is 2.83. The van der Waals surface area contributed by atoms with E-state index in [1.807, 2.05) is 0 Å². The first-order valence-corrected chi connectivity index (χ1v) is 9.36. The van der Waals surface area contributed by atoms with Crippen LogP contribution in [-0.4, -0.2) is 80.0 Å². The Labute approximate surface area is 135 Å². The Morgan fingerprint density at radius 2 is 1.95 bits per heavy atom. The number of rotatable bonds is 6. The summed E-state index contributed by atoms with van der Waals surface area (Å²) < 4.78 is 6.05. The molecule has 3 aliphatic heterocycles. The average molecular weight is 310 g/mol. The fraction of sp³-hybridized carbons (Fsp3) is 1.00. The molecule has 3 fully saturated rings. The molecule has 3 aliphatic rings. The summed E-state index contributed by atoms with van der Waals surface area (Å²) in [4.78, 5) is 5.07. The third-order valence-corrected chi connectivity index (χ3v) is 5.42. The molecule has 0 radical (unpaired) electrons. The minimum Gasteiger partial charge on any atom is -0.362 e. The van der Waals surface area contributed by atoms with Crippen LogP contribution in [0.2, 0.25) is 0 Å². The Hall–Kier alpha value is -0.200. The summed E-state index contributed by atoms with van der Waals surface area (Å²) in [5, 5.41) is 2.42. The standard InChI is InChI=1S/C17H34N4O/c1-19-8-6-10-20(13-12-19)9-4-5-14-22-17-15-16-7-2-3-11-21(16)18-17/h16-18H,2-15H2,1H3. The highest BCUT2D eigenvalue weighted by Gasteiger charge is 2.33. The van der Waals surface area contributed by atoms with E-state index in [0.717, 1.165) is 12.6 Å². The molecule has 5 nitrogen and oxygen atoms in total. The van der Waals surface area contributed by atoms with E-state index in [0.29, 0.717) is 0 Å². The molecule has 0 aromatic heterocycles. The zero-order chi connectivity index (χ0) is 15.2. The van der Waals surface area contributed by atoms with E-state index < -0.39 is 0 Å². The van der Waals surface area contributed by atoms with Crippen molar-refractivity contribution in [1.82, 2.24) is 20.2 Å². The monoisotopic (exact) mass is 310 g/mol. The Morgan fingerprint density at radius 1 is 1.00 bits per heavy atom. The molecule has 128 valence electrons. The second-order valence-electron chi connectivity index (χ2n) is 7.27. The van der Waals surface area contributed by atoms with Gasteiger partial charge in [0.05, 0.1) is 0 Å². The van der Waals surface area contributed by atoms with Gasteiger partial charge in [-0.05, 0) is 58.8 Å². The molecule has 3 saturated heterocycles. The normalized spacial score (nSPS) is 32.0. The molecule has 0 spiro atoms. The summed E-state index contributed by atoms with van der Waals surface area (Å²) in [5.41, 5.74) is 3.54. The molecular weight excluding hydrogens is 276 g/mol. The Morgan fingerprint density at radius 3 is 2.86 bits per heavy atom. The number of unbranched alkanes of at least 4 members (excludes halogenated alkanes) is 1. The molecule has 2 unspecified atom stereocenters. The Kier molecular flexibility index (Phi) is 6.51. The van der Waals surface area contributed by atoms with Gasteiger partial charge in [-0.3, -0.25) is 0 Å². The van der Waals surface area contributed by atoms with Crippen LogP contribution in [0.4, 0.5) is 0 Å². The number of nitrogens with zero attached hydrogens (tertiary/aromatic N) is 3. The molecular formula is C17H34N4O. The van der Waals surface area contributed by atoms with Crippen molar-refractivity contribution < 1.29 is 4.74 Å². The molecule has 22 heavy (non-hydrogen) atoms. The number of piperidine rings is 1. The van der Waals surface area contributed by atoms with Crippen molar-refractivity contribution in [3.8, 4) is 0 Å². The lowest BCUT2D eigenvalue weighted by Gasteiger charge is -2.28. The maximum Gasteiger partial charge on any atom is 0.122 e. The first-order chi connectivity index (χ1) is 10.8. The minimum absolute atomic E-state index is 0.273. The molecule has 0 aliphatic carbocycles. The highest BCUT2D eigenvalue weighted by atomic mass is 16.5. The van der Waals surface area contributed by atoms with Crippen molar-refractivity contribution >= 4 is 0 Å². The van der Waals surface area contributed by atoms with Crippen molar-refractivity contribution in [2.75, 3.05) is 52.9 Å². The van der Waals surface area contributed by atoms with Crippen LogP contribution in [0.1, 0.15) is 44.9 Å². The number of hydrazine groups is 1. The van der Waals surface area contributed by atoms with Crippen molar-refractivity contribution in [1.29, 1.82) is 0 Å².